The molecule has 1 saturated heterocycles. The van der Waals surface area contributed by atoms with E-state index in [0.29, 0.717) is 0 Å². The number of nitrogens with one attached hydrogen (secondary N) is 1. The van der Waals surface area contributed by atoms with Crippen LogP contribution in [0, 0.1) is 0 Å². The Balaban J connectivity index is 1.75. The molecule has 10 nitrogen and oxygen atoms in total. The summed E-state index contributed by atoms with van der Waals surface area (Å²) in [5.41, 5.74) is 5.67. The van der Waals surface area contributed by atoms with E-state index < -0.39 is 35.2 Å². The number of rotatable bonds is 5. The molecule has 0 radical (unpaired) electrons. The first kappa shape index (κ1) is 17.2. The van der Waals surface area contributed by atoms with Crippen LogP contribution < -0.4 is 11.1 Å². The number of aliphatic carboxylic acids is 1. The molecule has 132 valence electrons. The maximum absolute atomic E-state index is 12.5. The number of nitrogens with two attached hydrogens (primary N) is 1. The minimum atomic E-state index is -1.13. The summed E-state index contributed by atoms with van der Waals surface area (Å²) in [4.78, 5) is 45.8. The van der Waals surface area contributed by atoms with Gasteiger partial charge in [0.05, 0.1) is 0 Å². The second kappa shape index (κ2) is 6.72. The Labute approximate surface area is 149 Å². The molecule has 3 rings (SSSR count). The van der Waals surface area contributed by atoms with Gasteiger partial charge in [0.2, 0.25) is 5.91 Å². The summed E-state index contributed by atoms with van der Waals surface area (Å²) in [6, 6.07) is -1.89. The zero-order valence-electron chi connectivity index (χ0n) is 12.8. The normalized spacial score (nSPS) is 25.2. The standard InChI is InChI=1S/C13H13N5O5S2/c1-23-17-7(5-4-25-13(14)15-5)9(19)16-8-10(20)18-6(12(21)22)2-3-24-11(8)18/h2-4,6,8,11H,1H3,(H2,14,15)(H,16,19)(H,21,22)/b17-7+/t6?,8-,11-/m1/s1. The fourth-order valence-electron chi connectivity index (χ4n) is 2.46. The lowest BCUT2D eigenvalue weighted by atomic mass is 10.0. The second-order valence-electron chi connectivity index (χ2n) is 5.03. The van der Waals surface area contributed by atoms with Crippen LogP contribution in [-0.2, 0) is 19.2 Å². The van der Waals surface area contributed by atoms with Gasteiger partial charge in [-0.25, -0.2) is 9.78 Å². The highest BCUT2D eigenvalue weighted by Crippen LogP contribution is 2.37. The molecule has 1 aromatic rings. The predicted octanol–water partition coefficient (Wildman–Crippen LogP) is -0.557. The monoisotopic (exact) mass is 383 g/mol. The van der Waals surface area contributed by atoms with Crippen molar-refractivity contribution in [2.45, 2.75) is 17.5 Å². The third-order valence-electron chi connectivity index (χ3n) is 3.56. The van der Waals surface area contributed by atoms with E-state index >= 15 is 0 Å². The summed E-state index contributed by atoms with van der Waals surface area (Å²) < 4.78 is 0. The molecule has 0 saturated carbocycles. The molecule has 1 aromatic heterocycles. The fraction of sp³-hybridized carbons (Fsp3) is 0.308. The van der Waals surface area contributed by atoms with Gasteiger partial charge in [-0.15, -0.1) is 23.1 Å². The number of fused-ring (bicyclic) bond motifs is 1. The van der Waals surface area contributed by atoms with Gasteiger partial charge in [0.1, 0.15) is 30.3 Å². The first-order valence-corrected chi connectivity index (χ1v) is 8.76. The van der Waals surface area contributed by atoms with Gasteiger partial charge < -0.3 is 25.9 Å². The Bertz CT molecular complexity index is 792. The Morgan fingerprint density at radius 2 is 2.28 bits per heavy atom. The number of amides is 2. The molecule has 2 aliphatic rings. The number of aromatic nitrogens is 1. The van der Waals surface area contributed by atoms with E-state index in [-0.39, 0.29) is 16.5 Å². The third kappa shape index (κ3) is 3.05. The van der Waals surface area contributed by atoms with Crippen LogP contribution in [0.2, 0.25) is 0 Å². The number of carbonyl (C=O) groups excluding carboxylic acids is 2. The Kier molecular flexibility index (Phi) is 4.63. The summed E-state index contributed by atoms with van der Waals surface area (Å²) in [6.45, 7) is 0. The number of anilines is 1. The highest BCUT2D eigenvalue weighted by atomic mass is 32.2. The number of carbonyl (C=O) groups is 3. The molecule has 0 spiro atoms. The predicted molar refractivity (Wildman–Crippen MR) is 90.8 cm³/mol. The quantitative estimate of drug-likeness (QED) is 0.348. The first-order valence-electron chi connectivity index (χ1n) is 6.94. The van der Waals surface area contributed by atoms with Crippen LogP contribution in [-0.4, -0.2) is 63.1 Å². The van der Waals surface area contributed by atoms with Crippen molar-refractivity contribution in [3.8, 4) is 0 Å². The summed E-state index contributed by atoms with van der Waals surface area (Å²) in [5, 5.41) is 18.3. The van der Waals surface area contributed by atoms with Gasteiger partial charge in [-0.2, -0.15) is 0 Å². The zero-order valence-corrected chi connectivity index (χ0v) is 14.4. The Hall–Kier alpha value is -2.60. The second-order valence-corrected chi connectivity index (χ2v) is 6.95. The maximum Gasteiger partial charge on any atom is 0.330 e. The summed E-state index contributed by atoms with van der Waals surface area (Å²) in [7, 11) is 1.28. The van der Waals surface area contributed by atoms with Gasteiger partial charge in [0.15, 0.2) is 10.8 Å². The molecule has 2 aliphatic heterocycles. The van der Waals surface area contributed by atoms with Crippen LogP contribution in [0.25, 0.3) is 0 Å². The van der Waals surface area contributed by atoms with Gasteiger partial charge in [-0.3, -0.25) is 9.59 Å². The number of thiazole rings is 1. The number of nitrogens with zero attached hydrogens (tertiary/aromatic N) is 3. The largest absolute Gasteiger partial charge is 0.479 e. The summed E-state index contributed by atoms with van der Waals surface area (Å²) in [5.74, 6) is -2.26. The van der Waals surface area contributed by atoms with Crippen molar-refractivity contribution in [1.82, 2.24) is 15.2 Å². The smallest absolute Gasteiger partial charge is 0.330 e. The molecule has 2 amide bonds. The molecule has 25 heavy (non-hydrogen) atoms. The van der Waals surface area contributed by atoms with Crippen molar-refractivity contribution in [3.63, 3.8) is 0 Å². The first-order chi connectivity index (χ1) is 11.9. The molecule has 1 fully saturated rings. The van der Waals surface area contributed by atoms with Gasteiger partial charge >= 0.3 is 5.97 Å². The van der Waals surface area contributed by atoms with E-state index in [2.05, 4.69) is 20.3 Å². The third-order valence-corrected chi connectivity index (χ3v) is 5.33. The molecule has 0 aliphatic carbocycles. The fourth-order valence-corrected chi connectivity index (χ4v) is 4.11. The molecule has 4 N–H and O–H groups in total. The highest BCUT2D eigenvalue weighted by molar-refractivity contribution is 8.02. The van der Waals surface area contributed by atoms with Crippen molar-refractivity contribution < 1.29 is 24.3 Å². The maximum atomic E-state index is 12.5. The van der Waals surface area contributed by atoms with E-state index in [9.17, 15) is 14.4 Å². The number of carboxylic acid groups (broad SMARTS) is 1. The topological polar surface area (TPSA) is 147 Å². The molecular weight excluding hydrogens is 370 g/mol. The number of nitrogen functional groups attached to an aromatic ring is 1. The van der Waals surface area contributed by atoms with Gasteiger partial charge in [0, 0.05) is 5.38 Å². The van der Waals surface area contributed by atoms with Gasteiger partial charge in [-0.1, -0.05) is 5.16 Å². The Morgan fingerprint density at radius 3 is 2.88 bits per heavy atom. The highest BCUT2D eigenvalue weighted by Gasteiger charge is 2.54. The molecule has 1 unspecified atom stereocenters. The molecule has 12 heteroatoms. The van der Waals surface area contributed by atoms with Gasteiger partial charge in [-0.05, 0) is 11.5 Å². The van der Waals surface area contributed by atoms with Crippen molar-refractivity contribution in [2.24, 2.45) is 5.16 Å². The minimum absolute atomic E-state index is 0.118. The van der Waals surface area contributed by atoms with Crippen molar-refractivity contribution in [3.05, 3.63) is 22.6 Å². The van der Waals surface area contributed by atoms with Crippen LogP contribution >= 0.6 is 23.1 Å². The summed E-state index contributed by atoms with van der Waals surface area (Å²) in [6.07, 6.45) is 1.43. The number of hydrogen-bond donors (Lipinski definition) is 3. The lowest BCUT2D eigenvalue weighted by Crippen LogP contribution is -2.73. The van der Waals surface area contributed by atoms with E-state index in [1.54, 1.807) is 10.8 Å². The number of β-lactam (4-membered cyclic amide) rings is 1. The summed E-state index contributed by atoms with van der Waals surface area (Å²) >= 11 is 2.39. The van der Waals surface area contributed by atoms with Crippen LogP contribution in [0.4, 0.5) is 5.13 Å². The number of thioether (sulfide) groups is 1. The SMILES string of the molecule is CO/N=C(/C(=O)N[C@@H]1C(=O)N2C(C(=O)O)C=CS[C@H]12)c1csc(N)n1. The van der Waals surface area contributed by atoms with Crippen molar-refractivity contribution in [2.75, 3.05) is 12.8 Å². The van der Waals surface area contributed by atoms with Gasteiger partial charge in [0.25, 0.3) is 5.91 Å². The lowest BCUT2D eigenvalue weighted by Gasteiger charge is -2.49. The Morgan fingerprint density at radius 1 is 1.52 bits per heavy atom. The average Bonchev–Trinajstić information content (AvgIpc) is 3.02. The van der Waals surface area contributed by atoms with Crippen molar-refractivity contribution >= 4 is 51.7 Å². The average molecular weight is 383 g/mol. The van der Waals surface area contributed by atoms with E-state index in [1.807, 2.05) is 0 Å². The minimum Gasteiger partial charge on any atom is -0.479 e. The molecular formula is C13H13N5O5S2. The number of hydrogen-bond acceptors (Lipinski definition) is 9. The van der Waals surface area contributed by atoms with E-state index in [1.165, 1.54) is 29.8 Å². The van der Waals surface area contributed by atoms with E-state index in [4.69, 9.17) is 10.8 Å². The van der Waals surface area contributed by atoms with Crippen LogP contribution in [0.5, 0.6) is 0 Å². The van der Waals surface area contributed by atoms with Crippen LogP contribution in [0.1, 0.15) is 5.69 Å². The van der Waals surface area contributed by atoms with Crippen LogP contribution in [0.3, 0.4) is 0 Å². The number of carboxylic acids is 1. The number of oxime groups is 1. The van der Waals surface area contributed by atoms with Crippen LogP contribution in [0.15, 0.2) is 22.0 Å². The molecule has 0 aromatic carbocycles. The molecule has 3 atom stereocenters. The zero-order chi connectivity index (χ0) is 18.1. The molecule has 0 bridgehead atoms. The molecule has 3 heterocycles. The van der Waals surface area contributed by atoms with E-state index in [0.717, 1.165) is 11.3 Å². The van der Waals surface area contributed by atoms with Crippen molar-refractivity contribution in [1.29, 1.82) is 0 Å². The lowest BCUT2D eigenvalue weighted by molar-refractivity contribution is -0.159.